The predicted octanol–water partition coefficient (Wildman–Crippen LogP) is 1.80. The molecule has 0 saturated carbocycles. The van der Waals surface area contributed by atoms with Gasteiger partial charge in [0, 0.05) is 31.1 Å². The van der Waals surface area contributed by atoms with Crippen LogP contribution in [0, 0.1) is 11.7 Å². The van der Waals surface area contributed by atoms with E-state index in [1.54, 1.807) is 29.0 Å². The maximum atomic E-state index is 13.6. The molecule has 0 radical (unpaired) electrons. The van der Waals surface area contributed by atoms with Gasteiger partial charge in [-0.05, 0) is 31.0 Å². The zero-order valence-electron chi connectivity index (χ0n) is 14.2. The molecular formula is C18H19FN6O. The average Bonchev–Trinajstić information content (AvgIpc) is 3.15. The molecule has 1 aliphatic rings. The quantitative estimate of drug-likeness (QED) is 0.773. The van der Waals surface area contributed by atoms with Gasteiger partial charge < -0.3 is 10.2 Å². The zero-order chi connectivity index (χ0) is 17.9. The van der Waals surface area contributed by atoms with Crippen LogP contribution in [-0.2, 0) is 11.3 Å². The van der Waals surface area contributed by atoms with Crippen molar-refractivity contribution in [1.82, 2.24) is 25.1 Å². The Morgan fingerprint density at radius 2 is 2.00 bits per heavy atom. The van der Waals surface area contributed by atoms with Crippen molar-refractivity contribution < 1.29 is 9.18 Å². The summed E-state index contributed by atoms with van der Waals surface area (Å²) in [6.07, 6.45) is 3.05. The van der Waals surface area contributed by atoms with E-state index in [1.807, 2.05) is 12.1 Å². The van der Waals surface area contributed by atoms with E-state index in [0.29, 0.717) is 11.2 Å². The second-order valence-corrected chi connectivity index (χ2v) is 6.40. The molecule has 1 saturated heterocycles. The van der Waals surface area contributed by atoms with Gasteiger partial charge in [0.05, 0.1) is 0 Å². The van der Waals surface area contributed by atoms with Crippen molar-refractivity contribution in [1.29, 1.82) is 0 Å². The highest BCUT2D eigenvalue weighted by Crippen LogP contribution is 2.22. The molecule has 0 bridgehead atoms. The minimum Gasteiger partial charge on any atom is -0.355 e. The molecule has 1 aliphatic heterocycles. The number of benzene rings is 1. The lowest BCUT2D eigenvalue weighted by Gasteiger charge is -2.32. The maximum Gasteiger partial charge on any atom is 0.223 e. The first-order valence-electron chi connectivity index (χ1n) is 8.64. The van der Waals surface area contributed by atoms with Crippen LogP contribution in [0.15, 0.2) is 42.7 Å². The summed E-state index contributed by atoms with van der Waals surface area (Å²) < 4.78 is 15.3. The van der Waals surface area contributed by atoms with Gasteiger partial charge in [0.1, 0.15) is 18.0 Å². The van der Waals surface area contributed by atoms with E-state index in [2.05, 4.69) is 25.5 Å². The number of fused-ring (bicyclic) bond motifs is 1. The summed E-state index contributed by atoms with van der Waals surface area (Å²) in [4.78, 5) is 14.5. The molecule has 2 aromatic heterocycles. The number of nitrogens with one attached hydrogen (secondary N) is 1. The van der Waals surface area contributed by atoms with Crippen molar-refractivity contribution in [2.75, 3.05) is 18.0 Å². The number of piperidine rings is 1. The Labute approximate surface area is 149 Å². The highest BCUT2D eigenvalue weighted by atomic mass is 19.1. The number of carbonyl (C=O) groups is 1. The molecule has 3 aromatic rings. The third-order valence-electron chi connectivity index (χ3n) is 4.75. The predicted molar refractivity (Wildman–Crippen MR) is 94.0 cm³/mol. The van der Waals surface area contributed by atoms with E-state index in [1.165, 1.54) is 6.07 Å². The summed E-state index contributed by atoms with van der Waals surface area (Å²) in [6, 6.07) is 10.3. The summed E-state index contributed by atoms with van der Waals surface area (Å²) in [5, 5.41) is 15.1. The molecular weight excluding hydrogens is 335 g/mol. The van der Waals surface area contributed by atoms with Crippen LogP contribution in [0.2, 0.25) is 0 Å². The number of hydrogen-bond donors (Lipinski definition) is 1. The molecule has 26 heavy (non-hydrogen) atoms. The van der Waals surface area contributed by atoms with Crippen LogP contribution in [-0.4, -0.2) is 38.8 Å². The third-order valence-corrected chi connectivity index (χ3v) is 4.75. The van der Waals surface area contributed by atoms with Crippen LogP contribution in [0.5, 0.6) is 0 Å². The lowest BCUT2D eigenvalue weighted by molar-refractivity contribution is -0.125. The Kier molecular flexibility index (Phi) is 4.47. The maximum absolute atomic E-state index is 13.6. The molecule has 4 rings (SSSR count). The monoisotopic (exact) mass is 354 g/mol. The topological polar surface area (TPSA) is 75.4 Å². The first kappa shape index (κ1) is 16.4. The van der Waals surface area contributed by atoms with Gasteiger partial charge in [0.25, 0.3) is 0 Å². The van der Waals surface area contributed by atoms with Crippen molar-refractivity contribution in [2.45, 2.75) is 19.4 Å². The molecule has 0 spiro atoms. The van der Waals surface area contributed by atoms with E-state index in [9.17, 15) is 9.18 Å². The lowest BCUT2D eigenvalue weighted by atomic mass is 9.96. The third kappa shape index (κ3) is 3.35. The van der Waals surface area contributed by atoms with Crippen LogP contribution in [0.3, 0.4) is 0 Å². The Hall–Kier alpha value is -3.03. The van der Waals surface area contributed by atoms with Crippen LogP contribution in [0.1, 0.15) is 18.4 Å². The zero-order valence-corrected chi connectivity index (χ0v) is 14.2. The van der Waals surface area contributed by atoms with Gasteiger partial charge in [-0.15, -0.1) is 15.3 Å². The van der Waals surface area contributed by atoms with Crippen LogP contribution in [0.25, 0.3) is 5.65 Å². The molecule has 1 amide bonds. The van der Waals surface area contributed by atoms with Gasteiger partial charge in [-0.1, -0.05) is 18.2 Å². The van der Waals surface area contributed by atoms with Crippen molar-refractivity contribution in [3.63, 3.8) is 0 Å². The molecule has 1 fully saturated rings. The first-order chi connectivity index (χ1) is 12.7. The van der Waals surface area contributed by atoms with E-state index in [4.69, 9.17) is 0 Å². The number of nitrogens with zero attached hydrogens (tertiary/aromatic N) is 5. The van der Waals surface area contributed by atoms with Gasteiger partial charge in [-0.3, -0.25) is 4.79 Å². The van der Waals surface area contributed by atoms with Crippen molar-refractivity contribution in [3.05, 3.63) is 54.1 Å². The van der Waals surface area contributed by atoms with Crippen molar-refractivity contribution in [2.24, 2.45) is 5.92 Å². The summed E-state index contributed by atoms with van der Waals surface area (Å²) in [5.74, 6) is 0.479. The van der Waals surface area contributed by atoms with Crippen LogP contribution >= 0.6 is 0 Å². The fourth-order valence-electron chi connectivity index (χ4n) is 3.23. The highest BCUT2D eigenvalue weighted by Gasteiger charge is 2.25. The molecule has 0 atom stereocenters. The summed E-state index contributed by atoms with van der Waals surface area (Å²) in [5.41, 5.74) is 1.21. The van der Waals surface area contributed by atoms with Crippen LogP contribution in [0.4, 0.5) is 10.2 Å². The number of anilines is 1. The molecule has 1 aromatic carbocycles. The van der Waals surface area contributed by atoms with Gasteiger partial charge in [0.2, 0.25) is 5.91 Å². The normalized spacial score (nSPS) is 15.3. The second kappa shape index (κ2) is 7.07. The fraction of sp³-hybridized carbons (Fsp3) is 0.333. The Balaban J connectivity index is 1.32. The molecule has 8 heteroatoms. The van der Waals surface area contributed by atoms with Gasteiger partial charge in [0.15, 0.2) is 5.65 Å². The number of rotatable bonds is 4. The van der Waals surface area contributed by atoms with E-state index in [-0.39, 0.29) is 24.2 Å². The SMILES string of the molecule is O=C(NCc1ccccc1F)C1CCN(c2ccc3nncn3n2)CC1. The number of amides is 1. The number of halogens is 1. The standard InChI is InChI=1S/C18H19FN6O/c19-15-4-2-1-3-14(15)11-20-18(26)13-7-9-24(10-8-13)17-6-5-16-22-21-12-25(16)23-17/h1-6,12-13H,7-11H2,(H,20,26). The number of hydrogen-bond acceptors (Lipinski definition) is 5. The average molecular weight is 354 g/mol. The van der Waals surface area contributed by atoms with Crippen LogP contribution < -0.4 is 10.2 Å². The summed E-state index contributed by atoms with van der Waals surface area (Å²) >= 11 is 0. The first-order valence-corrected chi connectivity index (χ1v) is 8.64. The fourth-order valence-corrected chi connectivity index (χ4v) is 3.23. The van der Waals surface area contributed by atoms with Crippen molar-refractivity contribution in [3.8, 4) is 0 Å². The summed E-state index contributed by atoms with van der Waals surface area (Å²) in [7, 11) is 0. The largest absolute Gasteiger partial charge is 0.355 e. The van der Waals surface area contributed by atoms with E-state index in [0.717, 1.165) is 31.7 Å². The molecule has 3 heterocycles. The minimum absolute atomic E-state index is 0.0184. The highest BCUT2D eigenvalue weighted by molar-refractivity contribution is 5.79. The molecule has 1 N–H and O–H groups in total. The minimum atomic E-state index is -0.293. The van der Waals surface area contributed by atoms with Crippen molar-refractivity contribution >= 4 is 17.4 Å². The smallest absolute Gasteiger partial charge is 0.223 e. The Morgan fingerprint density at radius 1 is 1.19 bits per heavy atom. The van der Waals surface area contributed by atoms with Gasteiger partial charge >= 0.3 is 0 Å². The number of aromatic nitrogens is 4. The lowest BCUT2D eigenvalue weighted by Crippen LogP contribution is -2.40. The van der Waals surface area contributed by atoms with Gasteiger partial charge in [-0.2, -0.15) is 4.52 Å². The molecule has 7 nitrogen and oxygen atoms in total. The number of carbonyl (C=O) groups excluding carboxylic acids is 1. The van der Waals surface area contributed by atoms with E-state index < -0.39 is 0 Å². The Bertz CT molecular complexity index is 919. The Morgan fingerprint density at radius 3 is 2.81 bits per heavy atom. The van der Waals surface area contributed by atoms with E-state index >= 15 is 0 Å². The second-order valence-electron chi connectivity index (χ2n) is 6.40. The van der Waals surface area contributed by atoms with Gasteiger partial charge in [-0.25, -0.2) is 4.39 Å². The molecule has 0 unspecified atom stereocenters. The summed E-state index contributed by atoms with van der Waals surface area (Å²) in [6.45, 7) is 1.72. The molecule has 134 valence electrons. The molecule has 0 aliphatic carbocycles.